The first-order valence-corrected chi connectivity index (χ1v) is 17.5. The minimum atomic E-state index is 0.158. The third kappa shape index (κ3) is 4.51. The quantitative estimate of drug-likeness (QED) is 0.308. The van der Waals surface area contributed by atoms with Crippen LogP contribution in [0.25, 0.3) is 0 Å². The second kappa shape index (κ2) is 11.1. The van der Waals surface area contributed by atoms with Crippen molar-refractivity contribution in [3.8, 4) is 0 Å². The van der Waals surface area contributed by atoms with Crippen LogP contribution in [0.5, 0.6) is 0 Å². The number of hydrogen-bond donors (Lipinski definition) is 0. The second-order valence-electron chi connectivity index (χ2n) is 14.3. The molecule has 9 unspecified atom stereocenters. The number of nitrogens with zero attached hydrogens (tertiary/aromatic N) is 1. The highest BCUT2D eigenvalue weighted by Gasteiger charge is 2.49. The molecule has 0 N–H and O–H groups in total. The van der Waals surface area contributed by atoms with Gasteiger partial charge in [0, 0.05) is 41.0 Å². The molecule has 1 saturated heterocycles. The Morgan fingerprint density at radius 2 is 1.68 bits per heavy atom. The molecule has 224 valence electrons. The van der Waals surface area contributed by atoms with Crippen LogP contribution in [0.1, 0.15) is 57.8 Å². The van der Waals surface area contributed by atoms with Gasteiger partial charge in [-0.1, -0.05) is 97.2 Å². The lowest BCUT2D eigenvalue weighted by Gasteiger charge is -2.40. The van der Waals surface area contributed by atoms with Crippen LogP contribution in [0.3, 0.4) is 0 Å². The Hall–Kier alpha value is -3.52. The van der Waals surface area contributed by atoms with E-state index in [0.29, 0.717) is 47.6 Å². The Bertz CT molecular complexity index is 1580. The Morgan fingerprint density at radius 1 is 0.727 bits per heavy atom. The molecule has 9 aliphatic rings. The largest absolute Gasteiger partial charge is 0.489 e. The lowest BCUT2D eigenvalue weighted by Crippen LogP contribution is -2.39. The van der Waals surface area contributed by atoms with Crippen molar-refractivity contribution in [2.24, 2.45) is 35.5 Å². The van der Waals surface area contributed by atoms with Gasteiger partial charge in [-0.3, -0.25) is 0 Å². The van der Waals surface area contributed by atoms with Crippen molar-refractivity contribution < 1.29 is 4.74 Å². The van der Waals surface area contributed by atoms with Crippen LogP contribution in [-0.4, -0.2) is 23.1 Å². The zero-order valence-corrected chi connectivity index (χ0v) is 25.8. The average molecular weight is 580 g/mol. The Labute approximate surface area is 263 Å². The number of ether oxygens (including phenoxy) is 1. The minimum absolute atomic E-state index is 0.158. The molecule has 9 rings (SSSR count). The molecule has 0 spiro atoms. The van der Waals surface area contributed by atoms with Gasteiger partial charge in [-0.25, -0.2) is 0 Å². The molecule has 2 aliphatic heterocycles. The van der Waals surface area contributed by atoms with E-state index < -0.39 is 0 Å². The maximum Gasteiger partial charge on any atom is 0.127 e. The maximum absolute atomic E-state index is 6.67. The van der Waals surface area contributed by atoms with Crippen LogP contribution in [0, 0.1) is 35.5 Å². The number of allylic oxidation sites excluding steroid dienone is 17. The normalized spacial score (nSPS) is 39.6. The van der Waals surface area contributed by atoms with Crippen molar-refractivity contribution in [2.75, 3.05) is 0 Å². The van der Waals surface area contributed by atoms with E-state index in [4.69, 9.17) is 4.74 Å². The van der Waals surface area contributed by atoms with Crippen LogP contribution >= 0.6 is 0 Å². The van der Waals surface area contributed by atoms with Crippen LogP contribution in [0.4, 0.5) is 0 Å². The summed E-state index contributed by atoms with van der Waals surface area (Å²) in [6.07, 6.45) is 54.9. The molecule has 0 aromatic heterocycles. The molecule has 0 bridgehead atoms. The third-order valence-electron chi connectivity index (χ3n) is 11.9. The van der Waals surface area contributed by atoms with Crippen LogP contribution in [-0.2, 0) is 4.74 Å². The van der Waals surface area contributed by atoms with E-state index in [1.165, 1.54) is 66.6 Å². The molecule has 0 aromatic carbocycles. The predicted octanol–water partition coefficient (Wildman–Crippen LogP) is 9.55. The molecule has 0 aromatic rings. The fourth-order valence-corrected chi connectivity index (χ4v) is 9.78. The van der Waals surface area contributed by atoms with Crippen LogP contribution in [0.15, 0.2) is 143 Å². The SMILES string of the molecule is C1=CC2OC3=C(C=CCC3C3=CC4C5C=CCCC5N(C5=CC(C6=CCCC=C6)=CC(C6C=CCCC6)C5)C4C=C3)C2C=C1. The zero-order chi connectivity index (χ0) is 29.0. The van der Waals surface area contributed by atoms with Gasteiger partial charge in [0.15, 0.2) is 0 Å². The smallest absolute Gasteiger partial charge is 0.127 e. The van der Waals surface area contributed by atoms with Crippen molar-refractivity contribution >= 4 is 0 Å². The van der Waals surface area contributed by atoms with Gasteiger partial charge in [0.1, 0.15) is 11.9 Å². The number of fused-ring (bicyclic) bond motifs is 5. The summed E-state index contributed by atoms with van der Waals surface area (Å²) in [5.74, 6) is 4.23. The fourth-order valence-electron chi connectivity index (χ4n) is 9.78. The van der Waals surface area contributed by atoms with Crippen molar-refractivity contribution in [3.05, 3.63) is 143 Å². The number of rotatable bonds is 4. The molecule has 0 radical (unpaired) electrons. The van der Waals surface area contributed by atoms with E-state index in [1.54, 1.807) is 5.70 Å². The zero-order valence-electron chi connectivity index (χ0n) is 25.8. The Kier molecular flexibility index (Phi) is 6.79. The van der Waals surface area contributed by atoms with E-state index in [9.17, 15) is 0 Å². The molecule has 7 aliphatic carbocycles. The summed E-state index contributed by atoms with van der Waals surface area (Å²) < 4.78 is 6.67. The standard InChI is InChI=1S/C42H45NO/c1-3-12-28(13-4-1)31-24-32(29-14-5-2-6-15-29)26-33(25-31)43-39-20-9-7-16-35(39)38-27-30(22-23-40(38)43)34-18-11-19-37-36-17-8-10-21-41(36)44-42(34)37/h3,5,7-8,10-14,16-17,19,21-25,27,29,32,34-36,38-41H,1-2,4,6,9,15,18,20,26H2. The molecule has 9 atom stereocenters. The van der Waals surface area contributed by atoms with E-state index in [2.05, 4.69) is 114 Å². The maximum atomic E-state index is 6.67. The summed E-state index contributed by atoms with van der Waals surface area (Å²) in [6, 6.07) is 0.993. The fraction of sp³-hybridized carbons (Fsp3) is 0.429. The molecule has 44 heavy (non-hydrogen) atoms. The van der Waals surface area contributed by atoms with Gasteiger partial charge in [-0.2, -0.15) is 0 Å². The first kappa shape index (κ1) is 26.8. The molecule has 1 fully saturated rings. The van der Waals surface area contributed by atoms with E-state index in [-0.39, 0.29) is 6.10 Å². The summed E-state index contributed by atoms with van der Waals surface area (Å²) >= 11 is 0. The van der Waals surface area contributed by atoms with E-state index in [1.807, 2.05) is 0 Å². The highest BCUT2D eigenvalue weighted by atomic mass is 16.5. The predicted molar refractivity (Wildman–Crippen MR) is 180 cm³/mol. The van der Waals surface area contributed by atoms with Gasteiger partial charge in [0.05, 0.1) is 6.04 Å². The lowest BCUT2D eigenvalue weighted by molar-refractivity contribution is 0.145. The third-order valence-corrected chi connectivity index (χ3v) is 11.9. The first-order chi connectivity index (χ1) is 21.8. The van der Waals surface area contributed by atoms with Gasteiger partial charge in [0.2, 0.25) is 0 Å². The average Bonchev–Trinajstić information content (AvgIpc) is 3.64. The van der Waals surface area contributed by atoms with Crippen molar-refractivity contribution in [1.82, 2.24) is 4.90 Å². The molecule has 2 heteroatoms. The molecule has 2 nitrogen and oxygen atoms in total. The van der Waals surface area contributed by atoms with Crippen molar-refractivity contribution in [2.45, 2.75) is 76.0 Å². The topological polar surface area (TPSA) is 12.5 Å². The van der Waals surface area contributed by atoms with Gasteiger partial charge < -0.3 is 9.64 Å². The van der Waals surface area contributed by atoms with Crippen molar-refractivity contribution in [3.63, 3.8) is 0 Å². The van der Waals surface area contributed by atoms with Gasteiger partial charge in [-0.15, -0.1) is 0 Å². The van der Waals surface area contributed by atoms with Crippen LogP contribution < -0.4 is 0 Å². The monoisotopic (exact) mass is 579 g/mol. The van der Waals surface area contributed by atoms with Crippen molar-refractivity contribution in [1.29, 1.82) is 0 Å². The van der Waals surface area contributed by atoms with E-state index in [0.717, 1.165) is 19.3 Å². The second-order valence-corrected chi connectivity index (χ2v) is 14.3. The van der Waals surface area contributed by atoms with Gasteiger partial charge >= 0.3 is 0 Å². The summed E-state index contributed by atoms with van der Waals surface area (Å²) in [5.41, 5.74) is 7.34. The highest BCUT2D eigenvalue weighted by Crippen LogP contribution is 2.51. The number of likely N-dealkylation sites (tertiary alicyclic amines) is 1. The summed E-state index contributed by atoms with van der Waals surface area (Å²) in [5, 5.41) is 0. The van der Waals surface area contributed by atoms with Gasteiger partial charge in [-0.05, 0) is 98.5 Å². The Balaban J connectivity index is 1.06. The molecule has 0 saturated carbocycles. The summed E-state index contributed by atoms with van der Waals surface area (Å²) in [4.78, 5) is 2.91. The van der Waals surface area contributed by atoms with Crippen LogP contribution in [0.2, 0.25) is 0 Å². The first-order valence-electron chi connectivity index (χ1n) is 17.5. The lowest BCUT2D eigenvalue weighted by atomic mass is 9.76. The molecule has 0 amide bonds. The number of hydrogen-bond acceptors (Lipinski definition) is 2. The van der Waals surface area contributed by atoms with E-state index >= 15 is 0 Å². The molecular weight excluding hydrogens is 534 g/mol. The molecule has 2 heterocycles. The Morgan fingerprint density at radius 3 is 2.59 bits per heavy atom. The summed E-state index contributed by atoms with van der Waals surface area (Å²) in [7, 11) is 0. The minimum Gasteiger partial charge on any atom is -0.489 e. The highest BCUT2D eigenvalue weighted by molar-refractivity contribution is 5.52. The molecular formula is C42H45NO. The summed E-state index contributed by atoms with van der Waals surface area (Å²) in [6.45, 7) is 0. The van der Waals surface area contributed by atoms with Gasteiger partial charge in [0.25, 0.3) is 0 Å².